The topological polar surface area (TPSA) is 81.5 Å². The molecule has 1 heterocycles. The fraction of sp³-hybridized carbons (Fsp3) is 0.667. The molecule has 0 aliphatic carbocycles. The molecule has 1 amide bonds. The molecular weight excluding hydrogens is 176 g/mol. The average molecular weight is 189 g/mol. The number of hydrogen-bond acceptors (Lipinski definition) is 4. The number of amidine groups is 1. The van der Waals surface area contributed by atoms with Crippen molar-refractivity contribution in [3.8, 4) is 0 Å². The van der Waals surface area contributed by atoms with Crippen LogP contribution in [0, 0.1) is 0 Å². The van der Waals surface area contributed by atoms with E-state index in [1.165, 1.54) is 11.8 Å². The molecule has 68 valence electrons. The quantitative estimate of drug-likeness (QED) is 0.560. The second-order valence-electron chi connectivity index (χ2n) is 3.16. The third-order valence-corrected chi connectivity index (χ3v) is 2.97. The van der Waals surface area contributed by atoms with E-state index < -0.39 is 0 Å². The Labute approximate surface area is 75.4 Å². The van der Waals surface area contributed by atoms with Crippen molar-refractivity contribution in [3.63, 3.8) is 0 Å². The van der Waals surface area contributed by atoms with Crippen molar-refractivity contribution in [2.45, 2.75) is 11.8 Å². The Morgan fingerprint density at radius 3 is 2.67 bits per heavy atom. The highest BCUT2D eigenvalue weighted by molar-refractivity contribution is 8.14. The number of carbonyl (C=O) groups is 1. The van der Waals surface area contributed by atoms with E-state index in [1.54, 1.807) is 0 Å². The van der Waals surface area contributed by atoms with Gasteiger partial charge in [-0.15, -0.1) is 0 Å². The molecule has 4 N–H and O–H groups in total. The van der Waals surface area contributed by atoms with Gasteiger partial charge in [-0.05, 0) is 11.8 Å². The van der Waals surface area contributed by atoms with Gasteiger partial charge in [-0.25, -0.2) is 0 Å². The molecule has 1 atom stereocenters. The van der Waals surface area contributed by atoms with E-state index >= 15 is 0 Å². The van der Waals surface area contributed by atoms with Crippen LogP contribution in [0.1, 0.15) is 6.42 Å². The highest BCUT2D eigenvalue weighted by atomic mass is 32.2. The summed E-state index contributed by atoms with van der Waals surface area (Å²) in [7, 11) is 3.78. The summed E-state index contributed by atoms with van der Waals surface area (Å²) in [6.45, 7) is 0. The Morgan fingerprint density at radius 1 is 1.75 bits per heavy atom. The predicted octanol–water partition coefficient (Wildman–Crippen LogP) is -0.759. The molecule has 0 saturated heterocycles. The van der Waals surface area contributed by atoms with Crippen LogP contribution < -0.4 is 11.5 Å². The first-order valence-corrected chi connectivity index (χ1v) is 4.44. The van der Waals surface area contributed by atoms with Crippen LogP contribution in [-0.2, 0) is 4.79 Å². The molecule has 0 spiro atoms. The summed E-state index contributed by atoms with van der Waals surface area (Å²) in [6, 6.07) is 0. The Balaban J connectivity index is 2.66. The lowest BCUT2D eigenvalue weighted by atomic mass is 10.4. The van der Waals surface area contributed by atoms with Gasteiger partial charge in [0.2, 0.25) is 11.1 Å². The number of primary amides is 1. The first kappa shape index (κ1) is 9.34. The summed E-state index contributed by atoms with van der Waals surface area (Å²) in [5.41, 5.74) is 10.6. The first-order valence-electron chi connectivity index (χ1n) is 3.56. The highest BCUT2D eigenvalue weighted by Crippen LogP contribution is 2.30. The lowest BCUT2D eigenvalue weighted by molar-refractivity contribution is -0.903. The number of nitrogens with zero attached hydrogens (tertiary/aromatic N) is 2. The molecule has 0 radical (unpaired) electrons. The maximum Gasteiger partial charge on any atom is 0.224 e. The standard InChI is InChI=1S/C6H12N4OS/c1-10(2)5(3-4(7)11)12-6(8)9-10/h5H,3H2,1-2H3,(H3-,7,8,9,11)/p+1. The molecule has 1 unspecified atom stereocenters. The van der Waals surface area contributed by atoms with Gasteiger partial charge in [-0.1, -0.05) is 5.10 Å². The van der Waals surface area contributed by atoms with Gasteiger partial charge in [-0.2, -0.15) is 4.59 Å². The Kier molecular flexibility index (Phi) is 2.29. The molecule has 0 fully saturated rings. The summed E-state index contributed by atoms with van der Waals surface area (Å²) in [5.74, 6) is -0.316. The molecule has 1 rings (SSSR count). The zero-order valence-electron chi connectivity index (χ0n) is 7.15. The monoisotopic (exact) mass is 189 g/mol. The van der Waals surface area contributed by atoms with Gasteiger partial charge in [0.05, 0.1) is 20.5 Å². The predicted molar refractivity (Wildman–Crippen MR) is 48.9 cm³/mol. The van der Waals surface area contributed by atoms with Gasteiger partial charge in [-0.3, -0.25) is 4.79 Å². The van der Waals surface area contributed by atoms with Crippen LogP contribution in [0.4, 0.5) is 0 Å². The molecule has 6 heteroatoms. The van der Waals surface area contributed by atoms with Gasteiger partial charge in [0.25, 0.3) is 0 Å². The SMILES string of the molecule is C[N+]1(C)N=C(N)SC1CC(N)=O. The van der Waals surface area contributed by atoms with Crippen LogP contribution in [0.5, 0.6) is 0 Å². The maximum absolute atomic E-state index is 10.7. The minimum Gasteiger partial charge on any atom is -0.374 e. The van der Waals surface area contributed by atoms with E-state index in [0.29, 0.717) is 16.2 Å². The number of amides is 1. The third kappa shape index (κ3) is 1.89. The number of nitrogens with two attached hydrogens (primary N) is 2. The smallest absolute Gasteiger partial charge is 0.224 e. The van der Waals surface area contributed by atoms with Crippen LogP contribution in [0.3, 0.4) is 0 Å². The molecular formula is C6H13N4OS+. The minimum absolute atomic E-state index is 0.0301. The van der Waals surface area contributed by atoms with Crippen molar-refractivity contribution >= 4 is 22.8 Å². The first-order chi connectivity index (χ1) is 5.42. The molecule has 0 aromatic rings. The molecule has 5 nitrogen and oxygen atoms in total. The van der Waals surface area contributed by atoms with Gasteiger partial charge in [0, 0.05) is 0 Å². The molecule has 0 bridgehead atoms. The third-order valence-electron chi connectivity index (χ3n) is 1.69. The Bertz CT molecular complexity index is 238. The number of thioether (sulfide) groups is 1. The van der Waals surface area contributed by atoms with Crippen LogP contribution in [0.25, 0.3) is 0 Å². The van der Waals surface area contributed by atoms with Crippen molar-refractivity contribution in [1.29, 1.82) is 0 Å². The minimum atomic E-state index is -0.316. The molecule has 0 aromatic carbocycles. The van der Waals surface area contributed by atoms with Crippen molar-refractivity contribution in [2.24, 2.45) is 16.6 Å². The maximum atomic E-state index is 10.7. The van der Waals surface area contributed by atoms with Crippen LogP contribution in [0.2, 0.25) is 0 Å². The summed E-state index contributed by atoms with van der Waals surface area (Å²) in [6.07, 6.45) is 0.307. The Morgan fingerprint density at radius 2 is 2.33 bits per heavy atom. The number of rotatable bonds is 2. The van der Waals surface area contributed by atoms with Crippen molar-refractivity contribution in [3.05, 3.63) is 0 Å². The van der Waals surface area contributed by atoms with E-state index in [-0.39, 0.29) is 11.3 Å². The van der Waals surface area contributed by atoms with Crippen molar-refractivity contribution in [1.82, 2.24) is 0 Å². The fourth-order valence-electron chi connectivity index (χ4n) is 1.05. The number of quaternary nitrogens is 1. The number of carbonyl (C=O) groups excluding carboxylic acids is 1. The lowest BCUT2D eigenvalue weighted by Gasteiger charge is -2.23. The largest absolute Gasteiger partial charge is 0.374 e. The zero-order chi connectivity index (χ0) is 9.35. The van der Waals surface area contributed by atoms with Crippen molar-refractivity contribution < 1.29 is 9.39 Å². The molecule has 12 heavy (non-hydrogen) atoms. The van der Waals surface area contributed by atoms with E-state index in [1.807, 2.05) is 14.1 Å². The average Bonchev–Trinajstić information content (AvgIpc) is 2.04. The van der Waals surface area contributed by atoms with E-state index in [9.17, 15) is 4.79 Å². The van der Waals surface area contributed by atoms with Crippen LogP contribution in [-0.4, -0.2) is 35.1 Å². The molecule has 1 aliphatic rings. The summed E-state index contributed by atoms with van der Waals surface area (Å²) in [4.78, 5) is 10.7. The fourth-order valence-corrected chi connectivity index (χ4v) is 2.14. The normalized spacial score (nSPS) is 26.8. The molecule has 0 aromatic heterocycles. The van der Waals surface area contributed by atoms with Crippen LogP contribution >= 0.6 is 11.8 Å². The van der Waals surface area contributed by atoms with Gasteiger partial charge < -0.3 is 11.5 Å². The second kappa shape index (κ2) is 2.95. The second-order valence-corrected chi connectivity index (χ2v) is 4.36. The van der Waals surface area contributed by atoms with Gasteiger partial charge in [0.15, 0.2) is 5.37 Å². The highest BCUT2D eigenvalue weighted by Gasteiger charge is 2.38. The lowest BCUT2D eigenvalue weighted by Crippen LogP contribution is -2.41. The molecule has 0 saturated carbocycles. The van der Waals surface area contributed by atoms with Gasteiger partial charge in [0.1, 0.15) is 0 Å². The molecule has 1 aliphatic heterocycles. The Hall–Kier alpha value is -0.750. The van der Waals surface area contributed by atoms with Crippen molar-refractivity contribution in [2.75, 3.05) is 14.1 Å². The summed E-state index contributed by atoms with van der Waals surface area (Å²) < 4.78 is 0.374. The van der Waals surface area contributed by atoms with Gasteiger partial charge >= 0.3 is 0 Å². The van der Waals surface area contributed by atoms with E-state index in [4.69, 9.17) is 11.5 Å². The summed E-state index contributed by atoms with van der Waals surface area (Å²) >= 11 is 1.40. The van der Waals surface area contributed by atoms with Crippen LogP contribution in [0.15, 0.2) is 5.10 Å². The van der Waals surface area contributed by atoms with E-state index in [0.717, 1.165) is 0 Å². The number of hydrogen-bond donors (Lipinski definition) is 2. The zero-order valence-corrected chi connectivity index (χ0v) is 7.97. The van der Waals surface area contributed by atoms with E-state index in [2.05, 4.69) is 5.10 Å². The summed E-state index contributed by atoms with van der Waals surface area (Å²) in [5, 5.41) is 4.69.